The standard InChI is InChI=1S/C16H24N2O2/c1-12-6-5-7-13(10-12)18-16(20)11-17-14-8-3-2-4-9-15(14)19/h5-7,10,14-15,17,19H,2-4,8-9,11H2,1H3,(H,18,20). The fourth-order valence-corrected chi connectivity index (χ4v) is 2.68. The van der Waals surface area contributed by atoms with Crippen LogP contribution in [0.5, 0.6) is 0 Å². The van der Waals surface area contributed by atoms with Gasteiger partial charge < -0.3 is 15.7 Å². The summed E-state index contributed by atoms with van der Waals surface area (Å²) in [4.78, 5) is 11.9. The van der Waals surface area contributed by atoms with Crippen LogP contribution in [0.1, 0.15) is 37.7 Å². The van der Waals surface area contributed by atoms with Crippen molar-refractivity contribution in [2.75, 3.05) is 11.9 Å². The summed E-state index contributed by atoms with van der Waals surface area (Å²) in [6, 6.07) is 7.79. The summed E-state index contributed by atoms with van der Waals surface area (Å²) in [7, 11) is 0. The SMILES string of the molecule is Cc1cccc(NC(=O)CNC2CCCCCC2O)c1. The number of benzene rings is 1. The molecule has 0 bridgehead atoms. The molecule has 1 saturated carbocycles. The van der Waals surface area contributed by atoms with Crippen LogP contribution in [0.4, 0.5) is 5.69 Å². The largest absolute Gasteiger partial charge is 0.392 e. The molecule has 110 valence electrons. The Kier molecular flexibility index (Phi) is 5.56. The van der Waals surface area contributed by atoms with Crippen molar-refractivity contribution in [3.05, 3.63) is 29.8 Å². The smallest absolute Gasteiger partial charge is 0.238 e. The van der Waals surface area contributed by atoms with Crippen LogP contribution in [0, 0.1) is 6.92 Å². The molecule has 0 saturated heterocycles. The lowest BCUT2D eigenvalue weighted by Crippen LogP contribution is -2.42. The van der Waals surface area contributed by atoms with E-state index in [-0.39, 0.29) is 24.6 Å². The summed E-state index contributed by atoms with van der Waals surface area (Å²) in [5.41, 5.74) is 1.94. The van der Waals surface area contributed by atoms with Gasteiger partial charge in [0, 0.05) is 11.7 Å². The van der Waals surface area contributed by atoms with Gasteiger partial charge in [0.25, 0.3) is 0 Å². The number of rotatable bonds is 4. The van der Waals surface area contributed by atoms with Gasteiger partial charge in [0.05, 0.1) is 12.6 Å². The minimum absolute atomic E-state index is 0.0424. The van der Waals surface area contributed by atoms with Gasteiger partial charge in [0.1, 0.15) is 0 Å². The number of anilines is 1. The van der Waals surface area contributed by atoms with E-state index in [2.05, 4.69) is 10.6 Å². The third-order valence-electron chi connectivity index (χ3n) is 3.81. The summed E-state index contributed by atoms with van der Waals surface area (Å²) in [6.07, 6.45) is 4.81. The highest BCUT2D eigenvalue weighted by molar-refractivity contribution is 5.92. The van der Waals surface area contributed by atoms with Gasteiger partial charge in [0.15, 0.2) is 0 Å². The van der Waals surface area contributed by atoms with E-state index in [9.17, 15) is 9.90 Å². The van der Waals surface area contributed by atoms with Gasteiger partial charge in [-0.2, -0.15) is 0 Å². The first-order valence-electron chi connectivity index (χ1n) is 7.43. The molecule has 2 unspecified atom stereocenters. The second-order valence-corrected chi connectivity index (χ2v) is 5.61. The molecule has 20 heavy (non-hydrogen) atoms. The molecule has 1 fully saturated rings. The second kappa shape index (κ2) is 7.41. The molecule has 1 aromatic rings. The molecule has 0 aliphatic heterocycles. The van der Waals surface area contributed by atoms with Crippen LogP contribution in [-0.2, 0) is 4.79 Å². The highest BCUT2D eigenvalue weighted by Crippen LogP contribution is 2.17. The summed E-state index contributed by atoms with van der Waals surface area (Å²) in [5, 5.41) is 16.0. The highest BCUT2D eigenvalue weighted by atomic mass is 16.3. The number of nitrogens with one attached hydrogen (secondary N) is 2. The van der Waals surface area contributed by atoms with E-state index in [0.717, 1.165) is 36.9 Å². The van der Waals surface area contributed by atoms with Crippen LogP contribution in [-0.4, -0.2) is 29.7 Å². The van der Waals surface area contributed by atoms with Gasteiger partial charge in [-0.15, -0.1) is 0 Å². The van der Waals surface area contributed by atoms with E-state index in [1.54, 1.807) is 0 Å². The number of aryl methyl sites for hydroxylation is 1. The molecule has 2 rings (SSSR count). The van der Waals surface area contributed by atoms with Crippen molar-refractivity contribution in [1.29, 1.82) is 0 Å². The van der Waals surface area contributed by atoms with E-state index in [0.29, 0.717) is 0 Å². The van der Waals surface area contributed by atoms with Gasteiger partial charge in [0.2, 0.25) is 5.91 Å². The Morgan fingerprint density at radius 3 is 2.90 bits per heavy atom. The van der Waals surface area contributed by atoms with E-state index in [4.69, 9.17) is 0 Å². The maximum atomic E-state index is 11.9. The van der Waals surface area contributed by atoms with Crippen molar-refractivity contribution in [3.8, 4) is 0 Å². The molecule has 0 aromatic heterocycles. The molecular weight excluding hydrogens is 252 g/mol. The molecule has 3 N–H and O–H groups in total. The average Bonchev–Trinajstić information content (AvgIpc) is 2.61. The molecule has 1 amide bonds. The second-order valence-electron chi connectivity index (χ2n) is 5.61. The zero-order valence-corrected chi connectivity index (χ0v) is 12.1. The van der Waals surface area contributed by atoms with E-state index < -0.39 is 0 Å². The van der Waals surface area contributed by atoms with Crippen molar-refractivity contribution in [1.82, 2.24) is 5.32 Å². The van der Waals surface area contributed by atoms with E-state index in [1.165, 1.54) is 6.42 Å². The molecule has 4 nitrogen and oxygen atoms in total. The van der Waals surface area contributed by atoms with Gasteiger partial charge in [-0.25, -0.2) is 0 Å². The fraction of sp³-hybridized carbons (Fsp3) is 0.562. The normalized spacial score (nSPS) is 23.1. The Morgan fingerprint density at radius 2 is 2.10 bits per heavy atom. The fourth-order valence-electron chi connectivity index (χ4n) is 2.68. The average molecular weight is 276 g/mol. The Morgan fingerprint density at radius 1 is 1.30 bits per heavy atom. The van der Waals surface area contributed by atoms with Crippen LogP contribution < -0.4 is 10.6 Å². The minimum Gasteiger partial charge on any atom is -0.392 e. The first kappa shape index (κ1) is 15.0. The number of carbonyl (C=O) groups is 1. The van der Waals surface area contributed by atoms with Crippen LogP contribution in [0.15, 0.2) is 24.3 Å². The number of hydrogen-bond donors (Lipinski definition) is 3. The van der Waals surface area contributed by atoms with Gasteiger partial charge in [-0.1, -0.05) is 31.4 Å². The first-order valence-corrected chi connectivity index (χ1v) is 7.43. The summed E-state index contributed by atoms with van der Waals surface area (Å²) in [6.45, 7) is 2.24. The van der Waals surface area contributed by atoms with Crippen molar-refractivity contribution >= 4 is 11.6 Å². The number of aliphatic hydroxyl groups is 1. The van der Waals surface area contributed by atoms with Gasteiger partial charge >= 0.3 is 0 Å². The monoisotopic (exact) mass is 276 g/mol. The molecule has 1 aliphatic carbocycles. The van der Waals surface area contributed by atoms with Crippen molar-refractivity contribution in [3.63, 3.8) is 0 Å². The van der Waals surface area contributed by atoms with Crippen LogP contribution in [0.25, 0.3) is 0 Å². The quantitative estimate of drug-likeness (QED) is 0.739. The predicted octanol–water partition coefficient (Wildman–Crippen LogP) is 2.22. The maximum Gasteiger partial charge on any atom is 0.238 e. The lowest BCUT2D eigenvalue weighted by Gasteiger charge is -2.21. The Hall–Kier alpha value is -1.39. The zero-order chi connectivity index (χ0) is 14.4. The number of carbonyl (C=O) groups excluding carboxylic acids is 1. The molecule has 1 aromatic carbocycles. The third kappa shape index (κ3) is 4.62. The molecule has 0 heterocycles. The van der Waals surface area contributed by atoms with Crippen molar-refractivity contribution < 1.29 is 9.90 Å². The van der Waals surface area contributed by atoms with Crippen molar-refractivity contribution in [2.24, 2.45) is 0 Å². The lowest BCUT2D eigenvalue weighted by molar-refractivity contribution is -0.115. The molecule has 4 heteroatoms. The van der Waals surface area contributed by atoms with E-state index in [1.807, 2.05) is 31.2 Å². The lowest BCUT2D eigenvalue weighted by atomic mass is 10.1. The van der Waals surface area contributed by atoms with Crippen LogP contribution >= 0.6 is 0 Å². The maximum absolute atomic E-state index is 11.9. The van der Waals surface area contributed by atoms with Crippen LogP contribution in [0.3, 0.4) is 0 Å². The Bertz CT molecular complexity index is 448. The van der Waals surface area contributed by atoms with Crippen molar-refractivity contribution in [2.45, 2.75) is 51.2 Å². The summed E-state index contributed by atoms with van der Waals surface area (Å²) >= 11 is 0. The number of hydrogen-bond acceptors (Lipinski definition) is 3. The first-order chi connectivity index (χ1) is 9.65. The van der Waals surface area contributed by atoms with Gasteiger partial charge in [-0.05, 0) is 37.5 Å². The Labute approximate surface area is 120 Å². The summed E-state index contributed by atoms with van der Waals surface area (Å²) in [5.74, 6) is -0.0629. The van der Waals surface area contributed by atoms with E-state index >= 15 is 0 Å². The highest BCUT2D eigenvalue weighted by Gasteiger charge is 2.21. The summed E-state index contributed by atoms with van der Waals surface area (Å²) < 4.78 is 0. The molecule has 0 radical (unpaired) electrons. The topological polar surface area (TPSA) is 61.4 Å². The predicted molar refractivity (Wildman–Crippen MR) is 80.7 cm³/mol. The molecular formula is C16H24N2O2. The van der Waals surface area contributed by atoms with Gasteiger partial charge in [-0.3, -0.25) is 4.79 Å². The molecule has 1 aliphatic rings. The zero-order valence-electron chi connectivity index (χ0n) is 12.1. The molecule has 2 atom stereocenters. The molecule has 0 spiro atoms. The third-order valence-corrected chi connectivity index (χ3v) is 3.81. The number of aliphatic hydroxyl groups excluding tert-OH is 1. The Balaban J connectivity index is 1.79. The van der Waals surface area contributed by atoms with Crippen LogP contribution in [0.2, 0.25) is 0 Å². The number of amides is 1. The minimum atomic E-state index is -0.329.